The number of rotatable bonds is 5. The third-order valence-corrected chi connectivity index (χ3v) is 3.56. The number of esters is 1. The van der Waals surface area contributed by atoms with E-state index in [2.05, 4.69) is 11.4 Å². The SMILES string of the molecule is CC(C)(C)OC(=O)C(NC(=O)Cc1[c]cccc1)N1CCCC1. The van der Waals surface area contributed by atoms with Crippen LogP contribution in [-0.4, -0.2) is 41.6 Å². The van der Waals surface area contributed by atoms with Gasteiger partial charge in [0.15, 0.2) is 6.17 Å². The average molecular weight is 317 g/mol. The van der Waals surface area contributed by atoms with Gasteiger partial charge in [-0.15, -0.1) is 0 Å². The van der Waals surface area contributed by atoms with E-state index in [1.807, 2.05) is 43.9 Å². The lowest BCUT2D eigenvalue weighted by molar-refractivity contribution is -0.163. The van der Waals surface area contributed by atoms with Gasteiger partial charge >= 0.3 is 5.97 Å². The van der Waals surface area contributed by atoms with Crippen LogP contribution < -0.4 is 5.32 Å². The molecule has 1 aliphatic heterocycles. The van der Waals surface area contributed by atoms with Crippen LogP contribution in [-0.2, 0) is 20.7 Å². The average Bonchev–Trinajstić information content (AvgIpc) is 2.97. The smallest absolute Gasteiger partial charge is 0.344 e. The quantitative estimate of drug-likeness (QED) is 0.843. The molecule has 0 aliphatic carbocycles. The van der Waals surface area contributed by atoms with Gasteiger partial charge in [-0.25, -0.2) is 4.79 Å². The highest BCUT2D eigenvalue weighted by atomic mass is 16.6. The van der Waals surface area contributed by atoms with Gasteiger partial charge in [-0.2, -0.15) is 0 Å². The highest BCUT2D eigenvalue weighted by Gasteiger charge is 2.33. The summed E-state index contributed by atoms with van der Waals surface area (Å²) in [5, 5.41) is 2.82. The summed E-state index contributed by atoms with van der Waals surface area (Å²) < 4.78 is 5.46. The highest BCUT2D eigenvalue weighted by Crippen LogP contribution is 2.15. The topological polar surface area (TPSA) is 58.6 Å². The van der Waals surface area contributed by atoms with Crippen molar-refractivity contribution in [1.29, 1.82) is 0 Å². The third-order valence-electron chi connectivity index (χ3n) is 3.56. The molecule has 1 atom stereocenters. The molecule has 1 aliphatic rings. The molecule has 1 amide bonds. The number of likely N-dealkylation sites (tertiary alicyclic amines) is 1. The van der Waals surface area contributed by atoms with E-state index >= 15 is 0 Å². The van der Waals surface area contributed by atoms with E-state index in [4.69, 9.17) is 4.74 Å². The Morgan fingerprint density at radius 3 is 2.57 bits per heavy atom. The molecule has 1 unspecified atom stereocenters. The van der Waals surface area contributed by atoms with E-state index in [1.165, 1.54) is 0 Å². The Kier molecular flexibility index (Phi) is 5.77. The van der Waals surface area contributed by atoms with Crippen molar-refractivity contribution in [2.45, 2.75) is 51.8 Å². The molecule has 1 aromatic rings. The van der Waals surface area contributed by atoms with Gasteiger partial charge < -0.3 is 10.1 Å². The zero-order chi connectivity index (χ0) is 16.9. The van der Waals surface area contributed by atoms with E-state index in [1.54, 1.807) is 6.07 Å². The van der Waals surface area contributed by atoms with Crippen LogP contribution in [0.1, 0.15) is 39.2 Å². The van der Waals surface area contributed by atoms with Crippen LogP contribution in [0.2, 0.25) is 0 Å². The van der Waals surface area contributed by atoms with Crippen molar-refractivity contribution in [2.75, 3.05) is 13.1 Å². The monoisotopic (exact) mass is 317 g/mol. The minimum Gasteiger partial charge on any atom is -0.457 e. The van der Waals surface area contributed by atoms with E-state index < -0.39 is 17.7 Å². The molecule has 23 heavy (non-hydrogen) atoms. The van der Waals surface area contributed by atoms with Crippen LogP contribution in [0.25, 0.3) is 0 Å². The second-order valence-electron chi connectivity index (χ2n) is 6.81. The molecule has 1 aromatic carbocycles. The molecule has 1 saturated heterocycles. The summed E-state index contributed by atoms with van der Waals surface area (Å²) in [6, 6.07) is 10.4. The summed E-state index contributed by atoms with van der Waals surface area (Å²) in [5.41, 5.74) is 0.224. The van der Waals surface area contributed by atoms with Crippen LogP contribution in [0, 0.1) is 6.07 Å². The van der Waals surface area contributed by atoms with Gasteiger partial charge in [-0.05, 0) is 45.2 Å². The van der Waals surface area contributed by atoms with E-state index in [0.29, 0.717) is 0 Å². The Morgan fingerprint density at radius 1 is 1.30 bits per heavy atom. The summed E-state index contributed by atoms with van der Waals surface area (Å²) in [4.78, 5) is 26.7. The van der Waals surface area contributed by atoms with E-state index in [9.17, 15) is 9.59 Å². The summed E-state index contributed by atoms with van der Waals surface area (Å²) in [6.45, 7) is 7.06. The van der Waals surface area contributed by atoms with Crippen molar-refractivity contribution >= 4 is 11.9 Å². The number of carbonyl (C=O) groups is 2. The first-order valence-corrected chi connectivity index (χ1v) is 8.07. The number of hydrogen-bond donors (Lipinski definition) is 1. The van der Waals surface area contributed by atoms with Crippen LogP contribution in [0.15, 0.2) is 24.3 Å². The number of benzene rings is 1. The molecule has 1 radical (unpaired) electrons. The minimum atomic E-state index is -0.715. The molecule has 1 N–H and O–H groups in total. The molecule has 5 nitrogen and oxygen atoms in total. The second-order valence-corrected chi connectivity index (χ2v) is 6.81. The predicted molar refractivity (Wildman–Crippen MR) is 87.6 cm³/mol. The van der Waals surface area contributed by atoms with Gasteiger partial charge in [0.25, 0.3) is 0 Å². The lowest BCUT2D eigenvalue weighted by Gasteiger charge is -2.30. The molecule has 0 saturated carbocycles. The summed E-state index contributed by atoms with van der Waals surface area (Å²) in [5.74, 6) is -0.597. The Hall–Kier alpha value is -1.88. The Bertz CT molecular complexity index is 531. The summed E-state index contributed by atoms with van der Waals surface area (Å²) in [6.07, 6.45) is 1.55. The van der Waals surface area contributed by atoms with Gasteiger partial charge in [0.05, 0.1) is 6.42 Å². The predicted octanol–water partition coefficient (Wildman–Crippen LogP) is 1.91. The normalized spacial score (nSPS) is 16.8. The molecule has 0 bridgehead atoms. The number of nitrogens with zero attached hydrogens (tertiary/aromatic N) is 1. The van der Waals surface area contributed by atoms with Gasteiger partial charge in [-0.1, -0.05) is 24.3 Å². The van der Waals surface area contributed by atoms with Crippen LogP contribution >= 0.6 is 0 Å². The summed E-state index contributed by atoms with van der Waals surface area (Å²) in [7, 11) is 0. The van der Waals surface area contributed by atoms with Gasteiger partial charge in [0.2, 0.25) is 5.91 Å². The molecule has 0 spiro atoms. The van der Waals surface area contributed by atoms with Crippen molar-refractivity contribution in [2.24, 2.45) is 0 Å². The van der Waals surface area contributed by atoms with Crippen molar-refractivity contribution in [3.8, 4) is 0 Å². The zero-order valence-electron chi connectivity index (χ0n) is 14.1. The van der Waals surface area contributed by atoms with Crippen molar-refractivity contribution in [1.82, 2.24) is 10.2 Å². The van der Waals surface area contributed by atoms with Gasteiger partial charge in [0.1, 0.15) is 5.60 Å². The number of hydrogen-bond acceptors (Lipinski definition) is 4. The fraction of sp³-hybridized carbons (Fsp3) is 0.556. The molecule has 1 fully saturated rings. The first-order chi connectivity index (χ1) is 10.8. The third kappa shape index (κ3) is 5.67. The second kappa shape index (κ2) is 7.59. The van der Waals surface area contributed by atoms with Gasteiger partial charge in [0, 0.05) is 13.1 Å². The van der Waals surface area contributed by atoms with Crippen molar-refractivity contribution in [3.63, 3.8) is 0 Å². The van der Waals surface area contributed by atoms with E-state index in [-0.39, 0.29) is 12.3 Å². The lowest BCUT2D eigenvalue weighted by atomic mass is 10.1. The first kappa shape index (κ1) is 17.5. The van der Waals surface area contributed by atoms with Crippen LogP contribution in [0.3, 0.4) is 0 Å². The standard InChI is InChI=1S/C18H25N2O3/c1-18(2,3)23-17(22)16(20-11-7-8-12-20)19-15(21)13-14-9-5-4-6-10-14/h4-6,9,16H,7-8,11-13H2,1-3H3,(H,19,21). The van der Waals surface area contributed by atoms with Crippen LogP contribution in [0.4, 0.5) is 0 Å². The first-order valence-electron chi connectivity index (χ1n) is 8.07. The number of amides is 1. The number of ether oxygens (including phenoxy) is 1. The summed E-state index contributed by atoms with van der Waals surface area (Å²) >= 11 is 0. The fourth-order valence-corrected chi connectivity index (χ4v) is 2.57. The molecule has 0 aromatic heterocycles. The molecule has 125 valence electrons. The molecule has 2 rings (SSSR count). The molecule has 1 heterocycles. The molecular weight excluding hydrogens is 292 g/mol. The zero-order valence-corrected chi connectivity index (χ0v) is 14.1. The Balaban J connectivity index is 2.02. The molecule has 5 heteroatoms. The maximum absolute atomic E-state index is 12.4. The lowest BCUT2D eigenvalue weighted by Crippen LogP contribution is -2.54. The maximum atomic E-state index is 12.4. The number of nitrogens with one attached hydrogen (secondary N) is 1. The molecular formula is C18H25N2O3. The number of carbonyl (C=O) groups excluding carboxylic acids is 2. The van der Waals surface area contributed by atoms with E-state index in [0.717, 1.165) is 31.5 Å². The van der Waals surface area contributed by atoms with Crippen molar-refractivity contribution < 1.29 is 14.3 Å². The largest absolute Gasteiger partial charge is 0.457 e. The van der Waals surface area contributed by atoms with Crippen molar-refractivity contribution in [3.05, 3.63) is 35.9 Å². The highest BCUT2D eigenvalue weighted by molar-refractivity contribution is 5.85. The Labute approximate surface area is 138 Å². The fourth-order valence-electron chi connectivity index (χ4n) is 2.57. The maximum Gasteiger partial charge on any atom is 0.344 e. The minimum absolute atomic E-state index is 0.199. The Morgan fingerprint density at radius 2 is 2.00 bits per heavy atom. The van der Waals surface area contributed by atoms with Crippen LogP contribution in [0.5, 0.6) is 0 Å². The van der Waals surface area contributed by atoms with Gasteiger partial charge in [-0.3, -0.25) is 9.69 Å².